The summed E-state index contributed by atoms with van der Waals surface area (Å²) < 4.78 is 12.0. The van der Waals surface area contributed by atoms with E-state index < -0.39 is 14.3 Å². The number of methoxy groups -OCH3 is 1. The number of phenols is 1. The molecule has 0 bridgehead atoms. The van der Waals surface area contributed by atoms with E-state index in [0.717, 1.165) is 29.5 Å². The Morgan fingerprint density at radius 3 is 2.09 bits per heavy atom. The Kier molecular flexibility index (Phi) is 7.59. The van der Waals surface area contributed by atoms with Crippen LogP contribution in [0, 0.1) is 0 Å². The molecular weight excluding hydrogens is 416 g/mol. The van der Waals surface area contributed by atoms with Crippen LogP contribution >= 0.6 is 0 Å². The first-order valence-corrected chi connectivity index (χ1v) is 14.3. The monoisotopic (exact) mass is 456 g/mol. The molecule has 1 aliphatic carbocycles. The van der Waals surface area contributed by atoms with E-state index in [4.69, 9.17) is 9.16 Å². The van der Waals surface area contributed by atoms with Gasteiger partial charge in [-0.15, -0.1) is 0 Å². The smallest absolute Gasteiger partial charge is 0.337 e. The van der Waals surface area contributed by atoms with Gasteiger partial charge < -0.3 is 14.3 Å². The third-order valence-corrected chi connectivity index (χ3v) is 13.5. The van der Waals surface area contributed by atoms with Crippen LogP contribution in [0.25, 0.3) is 10.8 Å². The van der Waals surface area contributed by atoms with Gasteiger partial charge in [-0.1, -0.05) is 66.9 Å². The lowest BCUT2D eigenvalue weighted by molar-refractivity contribution is 0.0601. The Hall–Kier alpha value is -2.01. The van der Waals surface area contributed by atoms with E-state index in [1.54, 1.807) is 12.1 Å². The van der Waals surface area contributed by atoms with Crippen LogP contribution in [0.3, 0.4) is 0 Å². The van der Waals surface area contributed by atoms with Crippen molar-refractivity contribution in [3.05, 3.63) is 35.4 Å². The molecule has 0 aromatic heterocycles. The molecule has 3 rings (SSSR count). The van der Waals surface area contributed by atoms with E-state index in [2.05, 4.69) is 47.6 Å². The van der Waals surface area contributed by atoms with Crippen molar-refractivity contribution < 1.29 is 19.1 Å². The summed E-state index contributed by atoms with van der Waals surface area (Å²) in [6.07, 6.45) is 5.71. The summed E-state index contributed by atoms with van der Waals surface area (Å²) in [5, 5.41) is 13.2. The summed E-state index contributed by atoms with van der Waals surface area (Å²) in [5.41, 5.74) is 2.73. The van der Waals surface area contributed by atoms with Crippen molar-refractivity contribution in [3.63, 3.8) is 0 Å². The second kappa shape index (κ2) is 9.86. The van der Waals surface area contributed by atoms with Gasteiger partial charge in [0.15, 0.2) is 0 Å². The molecule has 4 nitrogen and oxygen atoms in total. The van der Waals surface area contributed by atoms with Gasteiger partial charge in [-0.2, -0.15) is 0 Å². The predicted molar refractivity (Wildman–Crippen MR) is 134 cm³/mol. The van der Waals surface area contributed by atoms with E-state index in [1.807, 2.05) is 6.07 Å². The van der Waals surface area contributed by atoms with Gasteiger partial charge >= 0.3 is 5.97 Å². The van der Waals surface area contributed by atoms with Crippen molar-refractivity contribution in [1.82, 2.24) is 0 Å². The Morgan fingerprint density at radius 1 is 0.969 bits per heavy atom. The van der Waals surface area contributed by atoms with Crippen molar-refractivity contribution in [2.45, 2.75) is 96.2 Å². The zero-order valence-electron chi connectivity index (χ0n) is 20.8. The summed E-state index contributed by atoms with van der Waals surface area (Å²) in [6.45, 7) is 13.7. The molecule has 1 aliphatic rings. The number of carbonyl (C=O) groups is 1. The number of phenolic OH excluding ortho intramolecular Hbond substituents is 1. The average Bonchev–Trinajstić information content (AvgIpc) is 2.76. The lowest BCUT2D eigenvalue weighted by Gasteiger charge is -2.43. The predicted octanol–water partition coefficient (Wildman–Crippen LogP) is 7.93. The number of aromatic hydroxyl groups is 1. The van der Waals surface area contributed by atoms with Crippen molar-refractivity contribution in [2.75, 3.05) is 7.11 Å². The standard InChI is InChI=1S/C27H40O4Si/c1-17(2)32(18(3)4,19(5)6)31-24-16-21-13-14-22(27(29)30-7)15-23(21)26(28)25(24)20-11-9-8-10-12-20/h13-20,28H,8-12H2,1-7H3. The summed E-state index contributed by atoms with van der Waals surface area (Å²) in [5.74, 6) is 1.02. The van der Waals surface area contributed by atoms with Gasteiger partial charge in [-0.3, -0.25) is 0 Å². The van der Waals surface area contributed by atoms with Gasteiger partial charge in [-0.05, 0) is 59.0 Å². The molecule has 5 heteroatoms. The minimum Gasteiger partial charge on any atom is -0.542 e. The molecule has 0 unspecified atom stereocenters. The molecule has 0 heterocycles. The Balaban J connectivity index is 2.24. The summed E-state index contributed by atoms with van der Waals surface area (Å²) in [6, 6.07) is 7.51. The number of rotatable bonds is 7. The second-order valence-corrected chi connectivity index (χ2v) is 15.7. The fraction of sp³-hybridized carbons (Fsp3) is 0.593. The molecule has 1 N–H and O–H groups in total. The molecule has 0 radical (unpaired) electrons. The maximum absolute atomic E-state index is 12.1. The van der Waals surface area contributed by atoms with Gasteiger partial charge in [0.05, 0.1) is 12.7 Å². The molecule has 2 aromatic rings. The van der Waals surface area contributed by atoms with Crippen molar-refractivity contribution >= 4 is 25.1 Å². The lowest BCUT2D eigenvalue weighted by atomic mass is 9.82. The zero-order valence-corrected chi connectivity index (χ0v) is 21.8. The first-order chi connectivity index (χ1) is 15.1. The maximum atomic E-state index is 12.1. The third kappa shape index (κ3) is 4.41. The van der Waals surface area contributed by atoms with E-state index >= 15 is 0 Å². The van der Waals surface area contributed by atoms with Crippen LogP contribution in [-0.4, -0.2) is 26.5 Å². The summed E-state index contributed by atoms with van der Waals surface area (Å²) in [7, 11) is -0.814. The molecule has 1 saturated carbocycles. The molecule has 0 atom stereocenters. The normalized spacial score (nSPS) is 15.7. The Morgan fingerprint density at radius 2 is 1.56 bits per heavy atom. The number of fused-ring (bicyclic) bond motifs is 1. The maximum Gasteiger partial charge on any atom is 0.337 e. The molecule has 0 amide bonds. The second-order valence-electron chi connectivity index (χ2n) is 10.3. The molecule has 0 aliphatic heterocycles. The fourth-order valence-electron chi connectivity index (χ4n) is 6.03. The largest absolute Gasteiger partial charge is 0.542 e. The molecule has 32 heavy (non-hydrogen) atoms. The molecule has 2 aromatic carbocycles. The van der Waals surface area contributed by atoms with Gasteiger partial charge in [0.25, 0.3) is 8.32 Å². The Bertz CT molecular complexity index is 936. The van der Waals surface area contributed by atoms with E-state index in [-0.39, 0.29) is 11.7 Å². The van der Waals surface area contributed by atoms with E-state index in [1.165, 1.54) is 26.4 Å². The van der Waals surface area contributed by atoms with Crippen LogP contribution in [0.1, 0.15) is 95.5 Å². The molecule has 176 valence electrons. The van der Waals surface area contributed by atoms with Gasteiger partial charge in [0.1, 0.15) is 11.5 Å². The third-order valence-electron chi connectivity index (χ3n) is 7.54. The van der Waals surface area contributed by atoms with E-state index in [0.29, 0.717) is 27.6 Å². The van der Waals surface area contributed by atoms with Gasteiger partial charge in [-0.25, -0.2) is 4.79 Å². The minimum atomic E-state index is -2.19. The SMILES string of the molecule is COC(=O)c1ccc2cc(O[Si](C(C)C)(C(C)C)C(C)C)c(C3CCCCC3)c(O)c2c1. The first-order valence-electron chi connectivity index (χ1n) is 12.2. The van der Waals surface area contributed by atoms with Gasteiger partial charge in [0.2, 0.25) is 0 Å². The number of ether oxygens (including phenoxy) is 1. The van der Waals surface area contributed by atoms with Gasteiger partial charge in [0, 0.05) is 10.9 Å². The number of esters is 1. The zero-order chi connectivity index (χ0) is 23.6. The highest BCUT2D eigenvalue weighted by Gasteiger charge is 2.47. The molecule has 1 fully saturated rings. The highest BCUT2D eigenvalue weighted by molar-refractivity contribution is 6.78. The van der Waals surface area contributed by atoms with Crippen LogP contribution in [0.4, 0.5) is 0 Å². The highest BCUT2D eigenvalue weighted by atomic mass is 28.4. The first kappa shape index (κ1) is 24.6. The van der Waals surface area contributed by atoms with Crippen LogP contribution in [0.5, 0.6) is 11.5 Å². The quantitative estimate of drug-likeness (QED) is 0.339. The number of carbonyl (C=O) groups excluding carboxylic acids is 1. The highest BCUT2D eigenvalue weighted by Crippen LogP contribution is 2.50. The van der Waals surface area contributed by atoms with Crippen molar-refractivity contribution in [2.24, 2.45) is 0 Å². The topological polar surface area (TPSA) is 55.8 Å². The molecular formula is C27H40O4Si. The minimum absolute atomic E-state index is 0.273. The summed E-state index contributed by atoms with van der Waals surface area (Å²) >= 11 is 0. The Labute approximate surface area is 194 Å². The van der Waals surface area contributed by atoms with E-state index in [9.17, 15) is 9.90 Å². The van der Waals surface area contributed by atoms with Crippen LogP contribution in [0.2, 0.25) is 16.6 Å². The average molecular weight is 457 g/mol. The summed E-state index contributed by atoms with van der Waals surface area (Å²) in [4.78, 5) is 12.1. The van der Waals surface area contributed by atoms with Crippen molar-refractivity contribution in [1.29, 1.82) is 0 Å². The van der Waals surface area contributed by atoms with Crippen LogP contribution in [-0.2, 0) is 4.74 Å². The number of hydrogen-bond donors (Lipinski definition) is 1. The number of benzene rings is 2. The fourth-order valence-corrected chi connectivity index (χ4v) is 11.3. The van der Waals surface area contributed by atoms with Crippen LogP contribution in [0.15, 0.2) is 24.3 Å². The molecule has 0 spiro atoms. The van der Waals surface area contributed by atoms with Crippen LogP contribution < -0.4 is 4.43 Å². The lowest BCUT2D eigenvalue weighted by Crippen LogP contribution is -2.50. The molecule has 0 saturated heterocycles. The number of hydrogen-bond acceptors (Lipinski definition) is 4. The van der Waals surface area contributed by atoms with Crippen molar-refractivity contribution in [3.8, 4) is 11.5 Å².